The van der Waals surface area contributed by atoms with Gasteiger partial charge in [0.25, 0.3) is 0 Å². The summed E-state index contributed by atoms with van der Waals surface area (Å²) in [6, 6.07) is 10.2. The number of benzene rings is 2. The Bertz CT molecular complexity index is 1400. The third-order valence-electron chi connectivity index (χ3n) is 6.67. The lowest BCUT2D eigenvalue weighted by molar-refractivity contribution is 0.0908. The Kier molecular flexibility index (Phi) is 5.85. The Morgan fingerprint density at radius 1 is 1.15 bits per heavy atom. The normalized spacial score (nSPS) is 17.5. The molecular weight excluding hydrogens is 443 g/mol. The van der Waals surface area contributed by atoms with E-state index in [-0.39, 0.29) is 46.5 Å². The zero-order valence-corrected chi connectivity index (χ0v) is 20.2. The summed E-state index contributed by atoms with van der Waals surface area (Å²) in [6.45, 7) is 7.41. The van der Waals surface area contributed by atoms with E-state index in [0.29, 0.717) is 24.0 Å². The van der Waals surface area contributed by atoms with Crippen molar-refractivity contribution in [2.45, 2.75) is 53.0 Å². The molecule has 6 nitrogen and oxygen atoms in total. The zero-order chi connectivity index (χ0) is 24.1. The number of Topliss-reactive ketones (excluding diaryl/α,β-unsaturated/α-hetero) is 1. The lowest BCUT2D eigenvalue weighted by atomic mass is 9.78. The summed E-state index contributed by atoms with van der Waals surface area (Å²) in [4.78, 5) is 26.5. The Balaban J connectivity index is 1.81. The minimum Gasteiger partial charge on any atom is -0.294 e. The highest BCUT2D eigenvalue weighted by Gasteiger charge is 2.36. The van der Waals surface area contributed by atoms with Gasteiger partial charge in [-0.3, -0.25) is 13.9 Å². The minimum atomic E-state index is -3.06. The number of imidazole rings is 1. The monoisotopic (exact) mass is 472 g/mol. The zero-order valence-electron chi connectivity index (χ0n) is 19.4. The summed E-state index contributed by atoms with van der Waals surface area (Å²) in [6.07, 6.45) is 0.826. The maximum Gasteiger partial charge on any atom is 0.334 e. The van der Waals surface area contributed by atoms with Crippen molar-refractivity contribution >= 4 is 26.7 Å². The van der Waals surface area contributed by atoms with Crippen LogP contribution in [-0.2, 0) is 9.84 Å². The molecule has 8 heteroatoms. The maximum atomic E-state index is 15.8. The van der Waals surface area contributed by atoms with E-state index in [1.54, 1.807) is 26.0 Å². The highest BCUT2D eigenvalue weighted by atomic mass is 32.2. The highest BCUT2D eigenvalue weighted by Crippen LogP contribution is 2.37. The molecule has 3 aromatic rings. The van der Waals surface area contributed by atoms with Crippen LogP contribution in [0.25, 0.3) is 16.7 Å². The summed E-state index contributed by atoms with van der Waals surface area (Å²) >= 11 is 0. The first-order valence-electron chi connectivity index (χ1n) is 11.2. The van der Waals surface area contributed by atoms with Crippen LogP contribution in [-0.4, -0.2) is 34.8 Å². The van der Waals surface area contributed by atoms with Crippen molar-refractivity contribution in [3.05, 3.63) is 63.8 Å². The van der Waals surface area contributed by atoms with E-state index in [4.69, 9.17) is 0 Å². The van der Waals surface area contributed by atoms with Crippen molar-refractivity contribution in [1.29, 1.82) is 0 Å². The van der Waals surface area contributed by atoms with E-state index in [1.165, 1.54) is 15.2 Å². The van der Waals surface area contributed by atoms with Gasteiger partial charge in [-0.15, -0.1) is 0 Å². The molecule has 0 aliphatic carbocycles. The number of sulfone groups is 1. The molecule has 1 saturated heterocycles. The Morgan fingerprint density at radius 2 is 1.82 bits per heavy atom. The van der Waals surface area contributed by atoms with Gasteiger partial charge in [-0.05, 0) is 68.9 Å². The van der Waals surface area contributed by atoms with Crippen molar-refractivity contribution in [2.24, 2.45) is 5.41 Å². The first kappa shape index (κ1) is 23.4. The molecule has 2 aromatic carbocycles. The molecule has 176 valence electrons. The number of halogens is 1. The van der Waals surface area contributed by atoms with E-state index in [9.17, 15) is 18.0 Å². The first-order chi connectivity index (χ1) is 15.4. The van der Waals surface area contributed by atoms with Gasteiger partial charge < -0.3 is 0 Å². The van der Waals surface area contributed by atoms with Gasteiger partial charge in [-0.25, -0.2) is 17.6 Å². The highest BCUT2D eigenvalue weighted by molar-refractivity contribution is 7.91. The van der Waals surface area contributed by atoms with Crippen LogP contribution in [0.15, 0.2) is 41.2 Å². The van der Waals surface area contributed by atoms with Crippen molar-refractivity contribution < 1.29 is 17.6 Å². The van der Waals surface area contributed by atoms with Gasteiger partial charge in [0.05, 0.1) is 28.3 Å². The smallest absolute Gasteiger partial charge is 0.294 e. The molecule has 4 rings (SSSR count). The molecule has 1 aliphatic heterocycles. The largest absolute Gasteiger partial charge is 0.334 e. The first-order valence-corrected chi connectivity index (χ1v) is 13.0. The van der Waals surface area contributed by atoms with Crippen LogP contribution in [0.5, 0.6) is 0 Å². The molecule has 0 atom stereocenters. The molecule has 0 radical (unpaired) electrons. The van der Waals surface area contributed by atoms with Gasteiger partial charge in [0.15, 0.2) is 11.6 Å². The van der Waals surface area contributed by atoms with E-state index >= 15 is 4.39 Å². The van der Waals surface area contributed by atoms with Crippen molar-refractivity contribution in [3.63, 3.8) is 0 Å². The standard InChI is InChI=1S/C25H29FN2O4S/c1-16(2)27-23-20(28(24(27)30)18-7-5-6-17(3)14-18)9-8-19(22(23)26)21(29)15-25(4)10-12-33(31,32)13-11-25/h5-9,14,16H,10-13,15H2,1-4H3. The van der Waals surface area contributed by atoms with Gasteiger partial charge >= 0.3 is 5.69 Å². The fourth-order valence-electron chi connectivity index (χ4n) is 4.67. The minimum absolute atomic E-state index is 0.0462. The van der Waals surface area contributed by atoms with E-state index in [1.807, 2.05) is 32.0 Å². The topological polar surface area (TPSA) is 78.1 Å². The predicted octanol–water partition coefficient (Wildman–Crippen LogP) is 4.61. The van der Waals surface area contributed by atoms with Gasteiger partial charge in [0.1, 0.15) is 15.4 Å². The molecule has 1 aliphatic rings. The Morgan fingerprint density at radius 3 is 2.42 bits per heavy atom. The molecule has 1 aromatic heterocycles. The number of hydrogen-bond donors (Lipinski definition) is 0. The second kappa shape index (κ2) is 8.24. The molecule has 0 unspecified atom stereocenters. The van der Waals surface area contributed by atoms with Gasteiger partial charge in [0.2, 0.25) is 0 Å². The summed E-state index contributed by atoms with van der Waals surface area (Å²) < 4.78 is 42.3. The van der Waals surface area contributed by atoms with E-state index in [2.05, 4.69) is 0 Å². The Labute approximate surface area is 193 Å². The predicted molar refractivity (Wildman–Crippen MR) is 128 cm³/mol. The number of aryl methyl sites for hydroxylation is 1. The van der Waals surface area contributed by atoms with E-state index < -0.39 is 21.1 Å². The molecule has 1 fully saturated rings. The number of hydrogen-bond acceptors (Lipinski definition) is 4. The van der Waals surface area contributed by atoms with Gasteiger partial charge in [0, 0.05) is 12.5 Å². The second-order valence-electron chi connectivity index (χ2n) is 9.78. The van der Waals surface area contributed by atoms with E-state index in [0.717, 1.165) is 5.56 Å². The third kappa shape index (κ3) is 4.28. The van der Waals surface area contributed by atoms with Gasteiger partial charge in [-0.2, -0.15) is 0 Å². The van der Waals surface area contributed by atoms with Gasteiger partial charge in [-0.1, -0.05) is 19.1 Å². The van der Waals surface area contributed by atoms with Crippen LogP contribution in [0.1, 0.15) is 62.0 Å². The summed E-state index contributed by atoms with van der Waals surface area (Å²) in [5, 5.41) is 0. The summed E-state index contributed by atoms with van der Waals surface area (Å²) in [7, 11) is -3.06. The number of carbonyl (C=O) groups is 1. The number of nitrogens with zero attached hydrogens (tertiary/aromatic N) is 2. The molecule has 0 spiro atoms. The second-order valence-corrected chi connectivity index (χ2v) is 12.1. The molecule has 0 amide bonds. The van der Waals surface area contributed by atoms with Crippen LogP contribution in [0.3, 0.4) is 0 Å². The average Bonchev–Trinajstić information content (AvgIpc) is 3.04. The molecule has 0 N–H and O–H groups in total. The van der Waals surface area contributed by atoms with Crippen LogP contribution >= 0.6 is 0 Å². The van der Waals surface area contributed by atoms with Crippen molar-refractivity contribution in [3.8, 4) is 5.69 Å². The molecular formula is C25H29FN2O4S. The number of fused-ring (bicyclic) bond motifs is 1. The lowest BCUT2D eigenvalue weighted by Crippen LogP contribution is -2.33. The van der Waals surface area contributed by atoms with Crippen LogP contribution in [0, 0.1) is 18.2 Å². The van der Waals surface area contributed by atoms with Crippen LogP contribution in [0.2, 0.25) is 0 Å². The van der Waals surface area contributed by atoms with Crippen molar-refractivity contribution in [2.75, 3.05) is 11.5 Å². The molecule has 0 bridgehead atoms. The summed E-state index contributed by atoms with van der Waals surface area (Å²) in [5.41, 5.74) is 1.21. The SMILES string of the molecule is Cc1cccc(-n2c(=O)n(C(C)C)c3c(F)c(C(=O)CC4(C)CCS(=O)(=O)CC4)ccc32)c1. The average molecular weight is 473 g/mol. The van der Waals surface area contributed by atoms with Crippen LogP contribution in [0.4, 0.5) is 4.39 Å². The number of carbonyl (C=O) groups excluding carboxylic acids is 1. The number of aromatic nitrogens is 2. The Hall–Kier alpha value is -2.74. The lowest BCUT2D eigenvalue weighted by Gasteiger charge is -2.32. The van der Waals surface area contributed by atoms with Crippen molar-refractivity contribution in [1.82, 2.24) is 9.13 Å². The quantitative estimate of drug-likeness (QED) is 0.508. The third-order valence-corrected chi connectivity index (χ3v) is 8.32. The molecule has 33 heavy (non-hydrogen) atoms. The molecule has 0 saturated carbocycles. The summed E-state index contributed by atoms with van der Waals surface area (Å²) in [5.74, 6) is -0.987. The number of ketones is 1. The van der Waals surface area contributed by atoms with Crippen LogP contribution < -0.4 is 5.69 Å². The number of rotatable bonds is 5. The fourth-order valence-corrected chi connectivity index (χ4v) is 6.48. The fraction of sp³-hybridized carbons (Fsp3) is 0.440. The molecule has 2 heterocycles. The maximum absolute atomic E-state index is 15.8.